The zero-order valence-corrected chi connectivity index (χ0v) is 13.1. The van der Waals surface area contributed by atoms with Crippen molar-refractivity contribution in [3.8, 4) is 0 Å². The van der Waals surface area contributed by atoms with Crippen molar-refractivity contribution in [1.29, 1.82) is 0 Å². The quantitative estimate of drug-likeness (QED) is 0.780. The smallest absolute Gasteiger partial charge is 0.328 e. The molecule has 0 spiro atoms. The highest BCUT2D eigenvalue weighted by atomic mass is 16.6. The number of likely N-dealkylation sites (tertiary alicyclic amines) is 1. The van der Waals surface area contributed by atoms with E-state index in [1.807, 2.05) is 0 Å². The number of ether oxygens (including phenoxy) is 1. The summed E-state index contributed by atoms with van der Waals surface area (Å²) in [6, 6.07) is -0.375. The van der Waals surface area contributed by atoms with Gasteiger partial charge in [0.1, 0.15) is 11.6 Å². The molecule has 1 aliphatic carbocycles. The lowest BCUT2D eigenvalue weighted by molar-refractivity contribution is -0.158. The molecule has 0 radical (unpaired) electrons. The van der Waals surface area contributed by atoms with Crippen molar-refractivity contribution in [2.24, 2.45) is 5.92 Å². The maximum Gasteiger partial charge on any atom is 0.328 e. The van der Waals surface area contributed by atoms with Crippen molar-refractivity contribution in [3.63, 3.8) is 0 Å². The molecular formula is C15H24N2O4. The van der Waals surface area contributed by atoms with E-state index in [1.165, 1.54) is 0 Å². The second-order valence-corrected chi connectivity index (χ2v) is 6.94. The molecular weight excluding hydrogens is 272 g/mol. The maximum atomic E-state index is 12.2. The van der Waals surface area contributed by atoms with Gasteiger partial charge in [0.25, 0.3) is 0 Å². The van der Waals surface area contributed by atoms with Crippen molar-refractivity contribution < 1.29 is 19.1 Å². The number of rotatable bonds is 4. The zero-order chi connectivity index (χ0) is 15.8. The van der Waals surface area contributed by atoms with Crippen LogP contribution >= 0.6 is 0 Å². The number of nitrogens with zero attached hydrogens (tertiary/aromatic N) is 1. The Kier molecular flexibility index (Phi) is 4.25. The fraction of sp³-hybridized carbons (Fsp3) is 0.800. The van der Waals surface area contributed by atoms with Gasteiger partial charge in [-0.25, -0.2) is 4.79 Å². The molecule has 1 N–H and O–H groups in total. The monoisotopic (exact) mass is 296 g/mol. The van der Waals surface area contributed by atoms with Gasteiger partial charge in [0, 0.05) is 19.0 Å². The molecule has 2 fully saturated rings. The second kappa shape index (κ2) is 5.66. The molecule has 118 valence electrons. The number of hydrogen-bond donors (Lipinski definition) is 1. The Balaban J connectivity index is 1.84. The first-order chi connectivity index (χ1) is 9.67. The Morgan fingerprint density at radius 3 is 2.48 bits per heavy atom. The van der Waals surface area contributed by atoms with E-state index >= 15 is 0 Å². The third-order valence-electron chi connectivity index (χ3n) is 3.64. The topological polar surface area (TPSA) is 75.7 Å². The van der Waals surface area contributed by atoms with Crippen LogP contribution in [0.25, 0.3) is 0 Å². The van der Waals surface area contributed by atoms with E-state index in [1.54, 1.807) is 32.6 Å². The van der Waals surface area contributed by atoms with E-state index in [2.05, 4.69) is 5.32 Å². The van der Waals surface area contributed by atoms with Crippen LogP contribution in [0, 0.1) is 5.92 Å². The van der Waals surface area contributed by atoms with Gasteiger partial charge in [-0.1, -0.05) is 0 Å². The van der Waals surface area contributed by atoms with Gasteiger partial charge in [-0.3, -0.25) is 9.59 Å². The van der Waals surface area contributed by atoms with Crippen LogP contribution in [0.5, 0.6) is 0 Å². The molecule has 0 aromatic rings. The van der Waals surface area contributed by atoms with Gasteiger partial charge < -0.3 is 15.0 Å². The summed E-state index contributed by atoms with van der Waals surface area (Å²) >= 11 is 0. The first-order valence-corrected chi connectivity index (χ1v) is 7.50. The minimum atomic E-state index is -0.707. The van der Waals surface area contributed by atoms with Crippen molar-refractivity contribution in [3.05, 3.63) is 0 Å². The summed E-state index contributed by atoms with van der Waals surface area (Å²) in [5, 5.41) is 2.65. The molecule has 6 heteroatoms. The van der Waals surface area contributed by atoms with Crippen molar-refractivity contribution in [2.45, 2.75) is 64.6 Å². The highest BCUT2D eigenvalue weighted by molar-refractivity contribution is 5.91. The van der Waals surface area contributed by atoms with Gasteiger partial charge in [-0.15, -0.1) is 0 Å². The minimum absolute atomic E-state index is 0.0440. The van der Waals surface area contributed by atoms with E-state index in [9.17, 15) is 14.4 Å². The fourth-order valence-electron chi connectivity index (χ4n) is 2.43. The minimum Gasteiger partial charge on any atom is -0.458 e. The predicted molar refractivity (Wildman–Crippen MR) is 76.3 cm³/mol. The first-order valence-electron chi connectivity index (χ1n) is 7.50. The van der Waals surface area contributed by atoms with Gasteiger partial charge in [-0.2, -0.15) is 0 Å². The van der Waals surface area contributed by atoms with Gasteiger partial charge in [0.05, 0.1) is 5.92 Å². The van der Waals surface area contributed by atoms with E-state index < -0.39 is 17.6 Å². The molecule has 1 unspecified atom stereocenters. The maximum absolute atomic E-state index is 12.2. The summed E-state index contributed by atoms with van der Waals surface area (Å²) in [4.78, 5) is 37.6. The van der Waals surface area contributed by atoms with E-state index in [4.69, 9.17) is 4.74 Å². The number of carbonyl (C=O) groups excluding carboxylic acids is 3. The Labute approximate surface area is 125 Å². The van der Waals surface area contributed by atoms with Crippen LogP contribution in [0.4, 0.5) is 0 Å². The molecule has 21 heavy (non-hydrogen) atoms. The Morgan fingerprint density at radius 1 is 1.33 bits per heavy atom. The zero-order valence-electron chi connectivity index (χ0n) is 13.1. The van der Waals surface area contributed by atoms with Gasteiger partial charge in [-0.05, 0) is 40.5 Å². The molecule has 1 saturated carbocycles. The summed E-state index contributed by atoms with van der Waals surface area (Å²) in [6.45, 7) is 7.41. The Morgan fingerprint density at radius 2 is 1.95 bits per heavy atom. The third-order valence-corrected chi connectivity index (χ3v) is 3.64. The average molecular weight is 296 g/mol. The van der Waals surface area contributed by atoms with Crippen LogP contribution in [0.1, 0.15) is 47.0 Å². The van der Waals surface area contributed by atoms with Crippen LogP contribution in [0.2, 0.25) is 0 Å². The predicted octanol–water partition coefficient (Wildman–Crippen LogP) is 0.844. The van der Waals surface area contributed by atoms with Gasteiger partial charge in [0.2, 0.25) is 11.8 Å². The van der Waals surface area contributed by atoms with Crippen LogP contribution in [0.15, 0.2) is 0 Å². The Hall–Kier alpha value is -1.59. The molecule has 0 bridgehead atoms. The molecule has 6 nitrogen and oxygen atoms in total. The fourth-order valence-corrected chi connectivity index (χ4v) is 2.43. The molecule has 2 amide bonds. The third kappa shape index (κ3) is 4.19. The van der Waals surface area contributed by atoms with E-state index in [0.717, 1.165) is 12.8 Å². The number of esters is 1. The summed E-state index contributed by atoms with van der Waals surface area (Å²) in [5.74, 6) is -1.02. The second-order valence-electron chi connectivity index (χ2n) is 6.94. The van der Waals surface area contributed by atoms with Crippen LogP contribution < -0.4 is 5.32 Å². The molecule has 1 heterocycles. The molecule has 2 aliphatic rings. The largest absolute Gasteiger partial charge is 0.458 e. The highest BCUT2D eigenvalue weighted by Crippen LogP contribution is 2.32. The van der Waals surface area contributed by atoms with Crippen molar-refractivity contribution >= 4 is 17.8 Å². The Bertz CT molecular complexity index is 451. The molecule has 2 rings (SSSR count). The SMILES string of the molecule is C[C@@H](NC(=O)C1CC(=O)N(C2CC2)C1)C(=O)OC(C)(C)C. The standard InChI is InChI=1S/C15H24N2O4/c1-9(14(20)21-15(2,3)4)16-13(19)10-7-12(18)17(8-10)11-5-6-11/h9-11H,5-8H2,1-4H3,(H,16,19)/t9-,10?/m1/s1. The number of carbonyl (C=O) groups is 3. The molecule has 1 saturated heterocycles. The van der Waals surface area contributed by atoms with Crippen LogP contribution in [0.3, 0.4) is 0 Å². The first kappa shape index (κ1) is 15.8. The molecule has 1 aliphatic heterocycles. The number of amides is 2. The van der Waals surface area contributed by atoms with Gasteiger partial charge >= 0.3 is 5.97 Å². The van der Waals surface area contributed by atoms with Gasteiger partial charge in [0.15, 0.2) is 0 Å². The normalized spacial score (nSPS) is 23.9. The number of nitrogens with one attached hydrogen (secondary N) is 1. The van der Waals surface area contributed by atoms with Crippen LogP contribution in [-0.4, -0.2) is 46.9 Å². The van der Waals surface area contributed by atoms with E-state index in [-0.39, 0.29) is 24.2 Å². The van der Waals surface area contributed by atoms with Crippen molar-refractivity contribution in [1.82, 2.24) is 10.2 Å². The lowest BCUT2D eigenvalue weighted by Crippen LogP contribution is -2.45. The average Bonchev–Trinajstić information content (AvgIpc) is 3.10. The number of hydrogen-bond acceptors (Lipinski definition) is 4. The van der Waals surface area contributed by atoms with E-state index in [0.29, 0.717) is 12.6 Å². The summed E-state index contributed by atoms with van der Waals surface area (Å²) in [7, 11) is 0. The molecule has 0 aromatic carbocycles. The van der Waals surface area contributed by atoms with Crippen LogP contribution in [-0.2, 0) is 19.1 Å². The highest BCUT2D eigenvalue weighted by Gasteiger charge is 2.42. The molecule has 2 atom stereocenters. The lowest BCUT2D eigenvalue weighted by atomic mass is 10.1. The summed E-state index contributed by atoms with van der Waals surface area (Å²) < 4.78 is 5.22. The summed E-state index contributed by atoms with van der Waals surface area (Å²) in [6.07, 6.45) is 2.31. The lowest BCUT2D eigenvalue weighted by Gasteiger charge is -2.23. The molecule has 0 aromatic heterocycles. The van der Waals surface area contributed by atoms with Crippen molar-refractivity contribution in [2.75, 3.05) is 6.54 Å². The summed E-state index contributed by atoms with van der Waals surface area (Å²) in [5.41, 5.74) is -0.581.